The topological polar surface area (TPSA) is 61.4 Å². The largest absolute Gasteiger partial charge is 0.393 e. The fourth-order valence-corrected chi connectivity index (χ4v) is 2.99. The third kappa shape index (κ3) is 3.42. The second kappa shape index (κ2) is 5.83. The van der Waals surface area contributed by atoms with Crippen molar-refractivity contribution in [3.63, 3.8) is 0 Å². The van der Waals surface area contributed by atoms with Gasteiger partial charge >= 0.3 is 0 Å². The maximum Gasteiger partial charge on any atom is 0.224 e. The quantitative estimate of drug-likeness (QED) is 0.673. The van der Waals surface area contributed by atoms with Gasteiger partial charge in [-0.25, -0.2) is 0 Å². The lowest BCUT2D eigenvalue weighted by Gasteiger charge is -2.26. The number of nitrogens with one attached hydrogen (secondary N) is 2. The summed E-state index contributed by atoms with van der Waals surface area (Å²) in [5.41, 5.74) is 0. The Morgan fingerprint density at radius 2 is 2.24 bits per heavy atom. The zero-order valence-corrected chi connectivity index (χ0v) is 10.6. The molecule has 17 heavy (non-hydrogen) atoms. The Kier molecular flexibility index (Phi) is 4.40. The average Bonchev–Trinajstić information content (AvgIpc) is 2.72. The molecule has 2 rings (SSSR count). The molecule has 1 saturated carbocycles. The molecular formula is C13H24N2O2. The van der Waals surface area contributed by atoms with Crippen molar-refractivity contribution in [2.24, 2.45) is 17.8 Å². The minimum Gasteiger partial charge on any atom is -0.393 e. The van der Waals surface area contributed by atoms with Crippen molar-refractivity contribution < 1.29 is 9.90 Å². The van der Waals surface area contributed by atoms with Gasteiger partial charge in [0.1, 0.15) is 0 Å². The number of hydrogen-bond donors (Lipinski definition) is 3. The van der Waals surface area contributed by atoms with Crippen molar-refractivity contribution in [2.75, 3.05) is 19.6 Å². The van der Waals surface area contributed by atoms with E-state index in [2.05, 4.69) is 17.6 Å². The van der Waals surface area contributed by atoms with Gasteiger partial charge in [-0.05, 0) is 37.6 Å². The smallest absolute Gasteiger partial charge is 0.224 e. The molecule has 1 amide bonds. The van der Waals surface area contributed by atoms with Crippen molar-refractivity contribution in [1.29, 1.82) is 0 Å². The monoisotopic (exact) mass is 240 g/mol. The molecule has 1 heterocycles. The maximum absolute atomic E-state index is 12.0. The van der Waals surface area contributed by atoms with E-state index in [1.54, 1.807) is 0 Å². The van der Waals surface area contributed by atoms with Gasteiger partial charge in [-0.2, -0.15) is 0 Å². The number of hydrogen-bond acceptors (Lipinski definition) is 3. The summed E-state index contributed by atoms with van der Waals surface area (Å²) in [6.07, 6.45) is 3.84. The predicted molar refractivity (Wildman–Crippen MR) is 66.5 cm³/mol. The van der Waals surface area contributed by atoms with E-state index in [9.17, 15) is 9.90 Å². The van der Waals surface area contributed by atoms with E-state index in [0.717, 1.165) is 45.3 Å². The van der Waals surface area contributed by atoms with Gasteiger partial charge in [0.25, 0.3) is 0 Å². The Balaban J connectivity index is 1.72. The van der Waals surface area contributed by atoms with Crippen LogP contribution in [-0.4, -0.2) is 36.8 Å². The van der Waals surface area contributed by atoms with Crippen LogP contribution in [0.25, 0.3) is 0 Å². The Bertz CT molecular complexity index is 270. The number of carbonyl (C=O) groups is 1. The summed E-state index contributed by atoms with van der Waals surface area (Å²) < 4.78 is 0. The van der Waals surface area contributed by atoms with Gasteiger partial charge in [0.2, 0.25) is 5.91 Å². The molecule has 2 aliphatic rings. The number of aliphatic hydroxyl groups is 1. The summed E-state index contributed by atoms with van der Waals surface area (Å²) in [7, 11) is 0. The lowest BCUT2D eigenvalue weighted by atomic mass is 9.87. The van der Waals surface area contributed by atoms with Crippen LogP contribution >= 0.6 is 0 Å². The van der Waals surface area contributed by atoms with Crippen LogP contribution in [0.1, 0.15) is 32.6 Å². The second-order valence-corrected chi connectivity index (χ2v) is 5.67. The molecular weight excluding hydrogens is 216 g/mol. The molecule has 0 aromatic carbocycles. The van der Waals surface area contributed by atoms with Gasteiger partial charge in [0.05, 0.1) is 12.0 Å². The van der Waals surface area contributed by atoms with Crippen LogP contribution in [-0.2, 0) is 4.79 Å². The summed E-state index contributed by atoms with van der Waals surface area (Å²) >= 11 is 0. The normalized spacial score (nSPS) is 38.0. The summed E-state index contributed by atoms with van der Waals surface area (Å²) in [6, 6.07) is 0. The molecule has 98 valence electrons. The highest BCUT2D eigenvalue weighted by Gasteiger charge is 2.30. The zero-order valence-electron chi connectivity index (χ0n) is 10.6. The van der Waals surface area contributed by atoms with Crippen LogP contribution in [0.5, 0.6) is 0 Å². The van der Waals surface area contributed by atoms with E-state index in [-0.39, 0.29) is 17.9 Å². The molecule has 0 aromatic rings. The van der Waals surface area contributed by atoms with E-state index >= 15 is 0 Å². The molecule has 1 aliphatic carbocycles. The fourth-order valence-electron chi connectivity index (χ4n) is 2.99. The van der Waals surface area contributed by atoms with Crippen LogP contribution in [0.4, 0.5) is 0 Å². The first-order valence-electron chi connectivity index (χ1n) is 6.83. The molecule has 4 atom stereocenters. The van der Waals surface area contributed by atoms with Gasteiger partial charge in [-0.1, -0.05) is 13.3 Å². The van der Waals surface area contributed by atoms with Crippen LogP contribution in [0, 0.1) is 17.8 Å². The maximum atomic E-state index is 12.0. The highest BCUT2D eigenvalue weighted by molar-refractivity contribution is 5.79. The van der Waals surface area contributed by atoms with Gasteiger partial charge in [-0.3, -0.25) is 4.79 Å². The molecule has 0 radical (unpaired) electrons. The molecule has 4 nitrogen and oxygen atoms in total. The minimum atomic E-state index is -0.155. The average molecular weight is 240 g/mol. The van der Waals surface area contributed by atoms with E-state index in [0.29, 0.717) is 11.8 Å². The summed E-state index contributed by atoms with van der Waals surface area (Å²) in [4.78, 5) is 12.0. The second-order valence-electron chi connectivity index (χ2n) is 5.67. The Labute approximate surface area is 103 Å². The molecule has 0 aromatic heterocycles. The molecule has 3 N–H and O–H groups in total. The molecule has 1 aliphatic heterocycles. The van der Waals surface area contributed by atoms with Crippen LogP contribution in [0.2, 0.25) is 0 Å². The van der Waals surface area contributed by atoms with Gasteiger partial charge in [0, 0.05) is 13.1 Å². The van der Waals surface area contributed by atoms with Gasteiger partial charge in [0.15, 0.2) is 0 Å². The number of rotatable bonds is 3. The first kappa shape index (κ1) is 12.8. The van der Waals surface area contributed by atoms with Crippen LogP contribution in [0.15, 0.2) is 0 Å². The molecule has 4 unspecified atom stereocenters. The van der Waals surface area contributed by atoms with E-state index in [4.69, 9.17) is 0 Å². The van der Waals surface area contributed by atoms with Crippen molar-refractivity contribution in [2.45, 2.75) is 38.7 Å². The number of carbonyl (C=O) groups excluding carboxylic acids is 1. The Morgan fingerprint density at radius 1 is 1.41 bits per heavy atom. The summed E-state index contributed by atoms with van der Waals surface area (Å²) in [5.74, 6) is 1.21. The van der Waals surface area contributed by atoms with E-state index in [1.807, 2.05) is 0 Å². The SMILES string of the molecule is CC1CNCC1C(=O)NCC1CCCC(O)C1. The number of amides is 1. The van der Waals surface area contributed by atoms with E-state index in [1.165, 1.54) is 0 Å². The van der Waals surface area contributed by atoms with Crippen molar-refractivity contribution >= 4 is 5.91 Å². The molecule has 1 saturated heterocycles. The van der Waals surface area contributed by atoms with Crippen molar-refractivity contribution in [1.82, 2.24) is 10.6 Å². The molecule has 0 bridgehead atoms. The van der Waals surface area contributed by atoms with Crippen LogP contribution < -0.4 is 10.6 Å². The third-order valence-electron chi connectivity index (χ3n) is 4.17. The van der Waals surface area contributed by atoms with E-state index < -0.39 is 0 Å². The lowest BCUT2D eigenvalue weighted by molar-refractivity contribution is -0.125. The van der Waals surface area contributed by atoms with Gasteiger partial charge < -0.3 is 15.7 Å². The van der Waals surface area contributed by atoms with Crippen molar-refractivity contribution in [3.05, 3.63) is 0 Å². The van der Waals surface area contributed by atoms with Crippen LogP contribution in [0.3, 0.4) is 0 Å². The highest BCUT2D eigenvalue weighted by Crippen LogP contribution is 2.24. The standard InChI is InChI=1S/C13H24N2O2/c1-9-6-14-8-12(9)13(17)15-7-10-3-2-4-11(16)5-10/h9-12,14,16H,2-8H2,1H3,(H,15,17). The molecule has 0 spiro atoms. The molecule has 2 fully saturated rings. The Hall–Kier alpha value is -0.610. The summed E-state index contributed by atoms with van der Waals surface area (Å²) in [6.45, 7) is 4.61. The first-order valence-corrected chi connectivity index (χ1v) is 6.83. The first-order chi connectivity index (χ1) is 8.16. The third-order valence-corrected chi connectivity index (χ3v) is 4.17. The van der Waals surface area contributed by atoms with Crippen molar-refractivity contribution in [3.8, 4) is 0 Å². The highest BCUT2D eigenvalue weighted by atomic mass is 16.3. The Morgan fingerprint density at radius 3 is 2.88 bits per heavy atom. The summed E-state index contributed by atoms with van der Waals surface area (Å²) in [5, 5.41) is 15.9. The zero-order chi connectivity index (χ0) is 12.3. The lowest BCUT2D eigenvalue weighted by Crippen LogP contribution is -2.38. The molecule has 4 heteroatoms. The fraction of sp³-hybridized carbons (Fsp3) is 0.923. The number of aliphatic hydroxyl groups excluding tert-OH is 1. The minimum absolute atomic E-state index is 0.128. The van der Waals surface area contributed by atoms with Gasteiger partial charge in [-0.15, -0.1) is 0 Å². The predicted octanol–water partition coefficient (Wildman–Crippen LogP) is 0.509.